The highest BCUT2D eigenvalue weighted by Gasteiger charge is 2.22. The molecule has 0 spiro atoms. The van der Waals surface area contributed by atoms with Crippen LogP contribution in [0.3, 0.4) is 0 Å². The lowest BCUT2D eigenvalue weighted by atomic mass is 10.0. The summed E-state index contributed by atoms with van der Waals surface area (Å²) in [5.41, 5.74) is 28.0. The predicted molar refractivity (Wildman–Crippen MR) is 137 cm³/mol. The van der Waals surface area contributed by atoms with E-state index in [9.17, 15) is 0 Å². The Morgan fingerprint density at radius 1 is 1.33 bits per heavy atom. The van der Waals surface area contributed by atoms with Crippen LogP contribution >= 0.6 is 0 Å². The van der Waals surface area contributed by atoms with Crippen LogP contribution in [-0.2, 0) is 0 Å². The van der Waals surface area contributed by atoms with Crippen molar-refractivity contribution in [1.29, 1.82) is 0 Å². The number of nitrogens with one attached hydrogen (secondary N) is 2. The zero-order valence-electron chi connectivity index (χ0n) is 20.0. The van der Waals surface area contributed by atoms with Crippen molar-refractivity contribution in [2.24, 2.45) is 28.1 Å². The molecule has 2 aliphatic heterocycles. The summed E-state index contributed by atoms with van der Waals surface area (Å²) in [5, 5.41) is 5.24. The number of nitrogens with two attached hydrogens (primary N) is 3. The third-order valence-electron chi connectivity index (χ3n) is 5.70. The van der Waals surface area contributed by atoms with Gasteiger partial charge in [0.15, 0.2) is 0 Å². The van der Waals surface area contributed by atoms with Crippen molar-refractivity contribution in [2.75, 3.05) is 32.6 Å². The van der Waals surface area contributed by atoms with Gasteiger partial charge in [0.2, 0.25) is 0 Å². The third-order valence-corrected chi connectivity index (χ3v) is 5.70. The smallest absolute Gasteiger partial charge is 0.120 e. The van der Waals surface area contributed by atoms with E-state index in [1.807, 2.05) is 49.7 Å². The number of pyridine rings is 1. The van der Waals surface area contributed by atoms with Crippen molar-refractivity contribution in [3.05, 3.63) is 70.7 Å². The number of aromatic nitrogens is 1. The zero-order chi connectivity index (χ0) is 24.1. The van der Waals surface area contributed by atoms with E-state index in [0.29, 0.717) is 18.1 Å². The quantitative estimate of drug-likeness (QED) is 0.312. The molecule has 0 saturated carbocycles. The average Bonchev–Trinajstić information content (AvgIpc) is 3.23. The van der Waals surface area contributed by atoms with Gasteiger partial charge in [-0.05, 0) is 42.0 Å². The Morgan fingerprint density at radius 2 is 2.09 bits per heavy atom. The van der Waals surface area contributed by atoms with Gasteiger partial charge in [0.05, 0.1) is 17.2 Å². The highest BCUT2D eigenvalue weighted by atomic mass is 15.5. The Hall–Kier alpha value is -3.72. The van der Waals surface area contributed by atoms with Crippen LogP contribution in [-0.4, -0.2) is 50.1 Å². The maximum atomic E-state index is 6.54. The van der Waals surface area contributed by atoms with Gasteiger partial charge in [-0.1, -0.05) is 13.8 Å². The molecule has 9 nitrogen and oxygen atoms in total. The number of anilines is 1. The number of hydrazine groups is 1. The summed E-state index contributed by atoms with van der Waals surface area (Å²) < 4.78 is 0. The van der Waals surface area contributed by atoms with Crippen molar-refractivity contribution in [2.45, 2.75) is 20.0 Å². The summed E-state index contributed by atoms with van der Waals surface area (Å²) in [7, 11) is 5.67. The van der Waals surface area contributed by atoms with Crippen LogP contribution in [0.2, 0.25) is 0 Å². The van der Waals surface area contributed by atoms with Gasteiger partial charge in [-0.25, -0.2) is 5.43 Å². The number of hydrogen-bond acceptors (Lipinski definition) is 9. The number of allylic oxidation sites excluding steroid dienone is 3. The molecule has 0 bridgehead atoms. The Bertz CT molecular complexity index is 1060. The van der Waals surface area contributed by atoms with Crippen molar-refractivity contribution in [3.63, 3.8) is 0 Å². The fourth-order valence-electron chi connectivity index (χ4n) is 3.73. The van der Waals surface area contributed by atoms with Gasteiger partial charge in [0.25, 0.3) is 0 Å². The highest BCUT2D eigenvalue weighted by Crippen LogP contribution is 2.30. The van der Waals surface area contributed by atoms with E-state index < -0.39 is 0 Å². The monoisotopic (exact) mass is 449 g/mol. The van der Waals surface area contributed by atoms with Crippen molar-refractivity contribution in [3.8, 4) is 0 Å². The Labute approximate surface area is 196 Å². The molecule has 3 heterocycles. The molecule has 0 amide bonds. The van der Waals surface area contributed by atoms with Crippen LogP contribution in [0.15, 0.2) is 64.5 Å². The normalized spacial score (nSPS) is 19.8. The van der Waals surface area contributed by atoms with Gasteiger partial charge in [-0.15, -0.1) is 0 Å². The molecule has 9 heteroatoms. The second kappa shape index (κ2) is 10.3. The first kappa shape index (κ1) is 23.9. The van der Waals surface area contributed by atoms with E-state index in [4.69, 9.17) is 17.2 Å². The maximum absolute atomic E-state index is 6.54. The van der Waals surface area contributed by atoms with E-state index in [0.717, 1.165) is 33.7 Å². The number of hydrogen-bond donors (Lipinski definition) is 5. The molecule has 0 fully saturated rings. The average molecular weight is 450 g/mol. The Morgan fingerprint density at radius 3 is 2.70 bits per heavy atom. The summed E-state index contributed by atoms with van der Waals surface area (Å²) in [6, 6.07) is 2.08. The number of rotatable bonds is 7. The first-order chi connectivity index (χ1) is 15.7. The largest absolute Gasteiger partial charge is 0.404 e. The predicted octanol–water partition coefficient (Wildman–Crippen LogP) is 1.46. The van der Waals surface area contributed by atoms with Crippen molar-refractivity contribution < 1.29 is 0 Å². The molecule has 8 N–H and O–H groups in total. The number of likely N-dealkylation sites (N-methyl/N-ethyl adjacent to an activating group) is 1. The van der Waals surface area contributed by atoms with Crippen LogP contribution in [0, 0.1) is 5.92 Å². The van der Waals surface area contributed by atoms with Gasteiger partial charge in [0, 0.05) is 68.7 Å². The summed E-state index contributed by atoms with van der Waals surface area (Å²) in [4.78, 5) is 11.0. The van der Waals surface area contributed by atoms with Crippen LogP contribution in [0.25, 0.3) is 11.6 Å². The molecule has 0 aliphatic carbocycles. The van der Waals surface area contributed by atoms with Crippen LogP contribution in [0.5, 0.6) is 0 Å². The fraction of sp³-hybridized carbons (Fsp3) is 0.333. The lowest BCUT2D eigenvalue weighted by Gasteiger charge is -2.33. The van der Waals surface area contributed by atoms with Crippen LogP contribution in [0.4, 0.5) is 5.69 Å². The fourth-order valence-corrected chi connectivity index (χ4v) is 3.73. The van der Waals surface area contributed by atoms with Gasteiger partial charge in [0.1, 0.15) is 6.17 Å². The summed E-state index contributed by atoms with van der Waals surface area (Å²) in [6.45, 7) is 4.81. The first-order valence-corrected chi connectivity index (χ1v) is 10.9. The molecule has 1 aromatic heterocycles. The van der Waals surface area contributed by atoms with E-state index >= 15 is 0 Å². The molecule has 176 valence electrons. The number of nitrogens with zero attached hydrogens (tertiary/aromatic N) is 4. The topological polar surface area (TPSA) is 134 Å². The number of aliphatic imine (C=N–C) groups is 1. The Kier molecular flexibility index (Phi) is 7.44. The molecule has 33 heavy (non-hydrogen) atoms. The molecule has 0 radical (unpaired) electrons. The minimum atomic E-state index is -0.142. The van der Waals surface area contributed by atoms with E-state index in [1.54, 1.807) is 19.5 Å². The van der Waals surface area contributed by atoms with Gasteiger partial charge in [-0.3, -0.25) is 9.98 Å². The molecule has 0 saturated heterocycles. The molecular weight excluding hydrogens is 414 g/mol. The minimum absolute atomic E-state index is 0.142. The number of fused-ring (bicyclic) bond motifs is 1. The maximum Gasteiger partial charge on any atom is 0.120 e. The molecule has 2 aliphatic rings. The standard InChI is InChI=1S/C24H35N9/c1-15(2)16(10-25)9-22(26)31-23-7-6-20-21(33(23)5)8-17(11-29-20)19(13-28-3)24(27)18-12-30-32(4)14-18/h6-11,13-15,23,30-31H,12,25-27H2,1-5H3/b16-10+,22-9+,24-19?,28-13?. The lowest BCUT2D eigenvalue weighted by molar-refractivity contribution is 0.374. The summed E-state index contributed by atoms with van der Waals surface area (Å²) in [5.74, 6) is 0.825. The third kappa shape index (κ3) is 5.38. The summed E-state index contributed by atoms with van der Waals surface area (Å²) in [6.07, 6.45) is 12.9. The Balaban J connectivity index is 1.92. The van der Waals surface area contributed by atoms with E-state index in [-0.39, 0.29) is 12.1 Å². The molecule has 3 rings (SSSR count). The highest BCUT2D eigenvalue weighted by molar-refractivity contribution is 6.12. The summed E-state index contributed by atoms with van der Waals surface area (Å²) >= 11 is 0. The minimum Gasteiger partial charge on any atom is -0.404 e. The lowest BCUT2D eigenvalue weighted by Crippen LogP contribution is -2.45. The van der Waals surface area contributed by atoms with Crippen molar-refractivity contribution >= 4 is 23.6 Å². The second-order valence-corrected chi connectivity index (χ2v) is 8.42. The molecule has 0 aromatic carbocycles. The van der Waals surface area contributed by atoms with Gasteiger partial charge >= 0.3 is 0 Å². The van der Waals surface area contributed by atoms with Crippen molar-refractivity contribution in [1.82, 2.24) is 20.7 Å². The molecular formula is C24H35N9. The first-order valence-electron chi connectivity index (χ1n) is 10.9. The van der Waals surface area contributed by atoms with E-state index in [2.05, 4.69) is 45.5 Å². The van der Waals surface area contributed by atoms with Crippen LogP contribution in [0.1, 0.15) is 25.1 Å². The molecule has 1 unspecified atom stereocenters. The van der Waals surface area contributed by atoms with E-state index in [1.165, 1.54) is 0 Å². The zero-order valence-corrected chi connectivity index (χ0v) is 20.0. The molecule has 1 atom stereocenters. The SMILES string of the molecule is CN=CC(=C(N)C1=CN(C)NC1)c1cnc2c(c1)N(C)C(N/C(N)=C/C(=C\N)C(C)C)C=C2. The van der Waals surface area contributed by atoms with Gasteiger partial charge < -0.3 is 32.4 Å². The van der Waals surface area contributed by atoms with Crippen LogP contribution < -0.4 is 32.8 Å². The van der Waals surface area contributed by atoms with Gasteiger partial charge in [-0.2, -0.15) is 0 Å². The second-order valence-electron chi connectivity index (χ2n) is 8.42. The molecule has 1 aromatic rings.